The Hall–Kier alpha value is -1.28. The van der Waals surface area contributed by atoms with Crippen LogP contribution in [0.2, 0.25) is 0 Å². The Morgan fingerprint density at radius 3 is 3.00 bits per heavy atom. The van der Waals surface area contributed by atoms with Crippen molar-refractivity contribution in [3.8, 4) is 0 Å². The van der Waals surface area contributed by atoms with Gasteiger partial charge >= 0.3 is 0 Å². The molecule has 17 heavy (non-hydrogen) atoms. The molecule has 0 bridgehead atoms. The van der Waals surface area contributed by atoms with Crippen molar-refractivity contribution >= 4 is 10.9 Å². The van der Waals surface area contributed by atoms with Gasteiger partial charge in [0.25, 0.3) is 0 Å². The molecule has 4 rings (SSSR count). The molecule has 0 fully saturated rings. The summed E-state index contributed by atoms with van der Waals surface area (Å²) in [6.07, 6.45) is 3.87. The molecule has 88 valence electrons. The molecule has 0 spiro atoms. The minimum atomic E-state index is 0.667. The second-order valence-electron chi connectivity index (χ2n) is 5.42. The molecule has 1 unspecified atom stereocenters. The van der Waals surface area contributed by atoms with Gasteiger partial charge in [-0.15, -0.1) is 0 Å². The Labute approximate surface area is 102 Å². The topological polar surface area (TPSA) is 8.17 Å². The first-order valence-corrected chi connectivity index (χ1v) is 6.66. The van der Waals surface area contributed by atoms with Gasteiger partial charge in [0.1, 0.15) is 0 Å². The Balaban J connectivity index is 2.09. The van der Waals surface area contributed by atoms with Gasteiger partial charge in [0.05, 0.1) is 6.04 Å². The van der Waals surface area contributed by atoms with Gasteiger partial charge in [0.2, 0.25) is 0 Å². The van der Waals surface area contributed by atoms with Crippen LogP contribution in [0, 0.1) is 0 Å². The summed E-state index contributed by atoms with van der Waals surface area (Å²) < 4.78 is 2.58. The fourth-order valence-electron chi connectivity index (χ4n) is 3.73. The zero-order valence-corrected chi connectivity index (χ0v) is 10.3. The zero-order chi connectivity index (χ0) is 11.4. The van der Waals surface area contributed by atoms with Crippen LogP contribution >= 0.6 is 0 Å². The summed E-state index contributed by atoms with van der Waals surface area (Å²) in [4.78, 5) is 2.54. The average Bonchev–Trinajstić information content (AvgIpc) is 2.70. The van der Waals surface area contributed by atoms with Crippen molar-refractivity contribution in [1.29, 1.82) is 0 Å². The van der Waals surface area contributed by atoms with E-state index < -0.39 is 0 Å². The lowest BCUT2D eigenvalue weighted by atomic mass is 9.93. The predicted octanol–water partition coefficient (Wildman–Crippen LogP) is 2.96. The van der Waals surface area contributed by atoms with Crippen LogP contribution in [0.25, 0.3) is 10.9 Å². The van der Waals surface area contributed by atoms with Gasteiger partial charge in [-0.05, 0) is 37.9 Å². The molecule has 2 aliphatic heterocycles. The summed E-state index contributed by atoms with van der Waals surface area (Å²) in [5, 5.41) is 1.50. The third-order valence-corrected chi connectivity index (χ3v) is 4.54. The highest BCUT2D eigenvalue weighted by atomic mass is 15.2. The molecular weight excluding hydrogens is 208 g/mol. The number of hydrogen-bond acceptors (Lipinski definition) is 1. The second-order valence-corrected chi connectivity index (χ2v) is 5.42. The lowest BCUT2D eigenvalue weighted by Crippen LogP contribution is -2.35. The zero-order valence-electron chi connectivity index (χ0n) is 10.3. The van der Waals surface area contributed by atoms with E-state index in [0.29, 0.717) is 6.04 Å². The van der Waals surface area contributed by atoms with Gasteiger partial charge in [-0.1, -0.05) is 18.2 Å². The quantitative estimate of drug-likeness (QED) is 0.670. The van der Waals surface area contributed by atoms with Crippen LogP contribution < -0.4 is 0 Å². The van der Waals surface area contributed by atoms with E-state index in [1.165, 1.54) is 43.3 Å². The second kappa shape index (κ2) is 3.36. The third kappa shape index (κ3) is 1.19. The fourth-order valence-corrected chi connectivity index (χ4v) is 3.73. The number of benzene rings is 1. The average molecular weight is 226 g/mol. The fraction of sp³-hybridized carbons (Fsp3) is 0.467. The molecule has 1 aromatic heterocycles. The molecule has 0 aliphatic carbocycles. The minimum Gasteiger partial charge on any atom is -0.343 e. The summed E-state index contributed by atoms with van der Waals surface area (Å²) in [5.41, 5.74) is 4.70. The predicted molar refractivity (Wildman–Crippen MR) is 70.2 cm³/mol. The minimum absolute atomic E-state index is 0.667. The summed E-state index contributed by atoms with van der Waals surface area (Å²) in [5.74, 6) is 0. The van der Waals surface area contributed by atoms with Crippen LogP contribution in [0.5, 0.6) is 0 Å². The van der Waals surface area contributed by atoms with E-state index >= 15 is 0 Å². The van der Waals surface area contributed by atoms with Gasteiger partial charge in [0.15, 0.2) is 0 Å². The highest BCUT2D eigenvalue weighted by Crippen LogP contribution is 2.41. The summed E-state index contributed by atoms with van der Waals surface area (Å²) in [6, 6.07) is 9.61. The summed E-state index contributed by atoms with van der Waals surface area (Å²) in [6.45, 7) is 2.42. The van der Waals surface area contributed by atoms with Crippen molar-refractivity contribution in [2.75, 3.05) is 13.6 Å². The van der Waals surface area contributed by atoms with Gasteiger partial charge < -0.3 is 4.57 Å². The third-order valence-electron chi connectivity index (χ3n) is 4.54. The highest BCUT2D eigenvalue weighted by molar-refractivity contribution is 5.86. The smallest absolute Gasteiger partial charge is 0.0501 e. The van der Waals surface area contributed by atoms with Crippen LogP contribution in [0.4, 0.5) is 0 Å². The summed E-state index contributed by atoms with van der Waals surface area (Å²) >= 11 is 0. The molecule has 0 saturated carbocycles. The molecule has 0 radical (unpaired) electrons. The van der Waals surface area contributed by atoms with E-state index in [2.05, 4.69) is 40.8 Å². The Bertz CT molecular complexity index is 549. The van der Waals surface area contributed by atoms with Gasteiger partial charge in [-0.25, -0.2) is 0 Å². The number of para-hydroxylation sites is 1. The van der Waals surface area contributed by atoms with Crippen molar-refractivity contribution in [2.45, 2.75) is 31.8 Å². The molecule has 1 aromatic carbocycles. The lowest BCUT2D eigenvalue weighted by molar-refractivity contribution is 0.190. The van der Waals surface area contributed by atoms with Crippen molar-refractivity contribution in [1.82, 2.24) is 9.47 Å². The van der Waals surface area contributed by atoms with E-state index in [9.17, 15) is 0 Å². The van der Waals surface area contributed by atoms with E-state index in [1.807, 2.05) is 0 Å². The van der Waals surface area contributed by atoms with E-state index in [4.69, 9.17) is 0 Å². The first-order chi connectivity index (χ1) is 8.36. The molecule has 2 heteroatoms. The molecule has 2 aliphatic rings. The Kier molecular flexibility index (Phi) is 1.92. The van der Waals surface area contributed by atoms with Crippen LogP contribution in [0.3, 0.4) is 0 Å². The van der Waals surface area contributed by atoms with Crippen LogP contribution in [0.15, 0.2) is 24.3 Å². The maximum absolute atomic E-state index is 2.58. The number of aryl methyl sites for hydroxylation is 1. The molecule has 2 aromatic rings. The first-order valence-electron chi connectivity index (χ1n) is 6.66. The number of aromatic nitrogens is 1. The maximum atomic E-state index is 2.58. The largest absolute Gasteiger partial charge is 0.343 e. The lowest BCUT2D eigenvalue weighted by Gasteiger charge is -2.37. The molecular formula is C15H18N2. The molecule has 0 saturated heterocycles. The normalized spacial score (nSPS) is 23.9. The standard InChI is InChI=1S/C15H18N2/c1-16-10-8-12-11-5-2-3-6-13(11)17-9-4-7-14(16)15(12)17/h2-3,5-6,14H,4,7-10H2,1H3. The number of nitrogens with zero attached hydrogens (tertiary/aromatic N) is 2. The van der Waals surface area contributed by atoms with E-state index in [0.717, 1.165) is 0 Å². The SMILES string of the molecule is CN1CCc2c3n(c4ccccc24)CCCC31. The summed E-state index contributed by atoms with van der Waals surface area (Å²) in [7, 11) is 2.28. The monoisotopic (exact) mass is 226 g/mol. The molecule has 2 nitrogen and oxygen atoms in total. The molecule has 1 atom stereocenters. The Morgan fingerprint density at radius 2 is 2.06 bits per heavy atom. The number of likely N-dealkylation sites (N-methyl/N-ethyl adjacent to an activating group) is 1. The number of fused-ring (bicyclic) bond motifs is 3. The van der Waals surface area contributed by atoms with Crippen LogP contribution in [-0.4, -0.2) is 23.1 Å². The van der Waals surface area contributed by atoms with E-state index in [-0.39, 0.29) is 0 Å². The number of rotatable bonds is 0. The van der Waals surface area contributed by atoms with Gasteiger partial charge in [-0.2, -0.15) is 0 Å². The Morgan fingerprint density at radius 1 is 1.18 bits per heavy atom. The maximum Gasteiger partial charge on any atom is 0.0501 e. The first kappa shape index (κ1) is 9.72. The van der Waals surface area contributed by atoms with Crippen molar-refractivity contribution in [2.24, 2.45) is 0 Å². The van der Waals surface area contributed by atoms with E-state index in [1.54, 1.807) is 11.3 Å². The highest BCUT2D eigenvalue weighted by Gasteiger charge is 2.32. The molecule has 0 amide bonds. The van der Waals surface area contributed by atoms with Gasteiger partial charge in [0, 0.05) is 29.7 Å². The van der Waals surface area contributed by atoms with Crippen LogP contribution in [-0.2, 0) is 13.0 Å². The van der Waals surface area contributed by atoms with Crippen molar-refractivity contribution < 1.29 is 0 Å². The molecule has 3 heterocycles. The van der Waals surface area contributed by atoms with Crippen molar-refractivity contribution in [3.63, 3.8) is 0 Å². The molecule has 0 N–H and O–H groups in total. The van der Waals surface area contributed by atoms with Crippen LogP contribution in [0.1, 0.15) is 30.1 Å². The number of hydrogen-bond donors (Lipinski definition) is 0. The van der Waals surface area contributed by atoms with Crippen molar-refractivity contribution in [3.05, 3.63) is 35.5 Å². The van der Waals surface area contributed by atoms with Gasteiger partial charge in [-0.3, -0.25) is 4.90 Å².